The van der Waals surface area contributed by atoms with E-state index in [1.54, 1.807) is 7.05 Å². The van der Waals surface area contributed by atoms with Crippen molar-refractivity contribution in [2.24, 2.45) is 5.92 Å². The van der Waals surface area contributed by atoms with Crippen molar-refractivity contribution in [1.29, 1.82) is 0 Å². The van der Waals surface area contributed by atoms with Crippen LogP contribution in [0.1, 0.15) is 40.0 Å². The Bertz CT molecular complexity index is 304. The van der Waals surface area contributed by atoms with Crippen LogP contribution in [0.2, 0.25) is 0 Å². The molecule has 0 bridgehead atoms. The summed E-state index contributed by atoms with van der Waals surface area (Å²) in [5.41, 5.74) is 0. The topological polar surface area (TPSA) is 61.4 Å². The third kappa shape index (κ3) is 8.02. The zero-order chi connectivity index (χ0) is 14.2. The molecule has 0 saturated heterocycles. The molecule has 5 nitrogen and oxygen atoms in total. The van der Waals surface area contributed by atoms with Crippen LogP contribution in [-0.2, 0) is 10.2 Å². The molecule has 2 N–H and O–H groups in total. The van der Waals surface area contributed by atoms with Gasteiger partial charge in [0.2, 0.25) is 0 Å². The molecule has 110 valence electrons. The molecule has 0 fully saturated rings. The van der Waals surface area contributed by atoms with Crippen LogP contribution in [-0.4, -0.2) is 45.9 Å². The molecule has 0 aromatic heterocycles. The van der Waals surface area contributed by atoms with Gasteiger partial charge in [-0.2, -0.15) is 17.4 Å². The molecular formula is C12H29N3O2S. The highest BCUT2D eigenvalue weighted by Crippen LogP contribution is 2.08. The Balaban J connectivity index is 4.11. The second kappa shape index (κ2) is 8.85. The van der Waals surface area contributed by atoms with Crippen LogP contribution in [0.4, 0.5) is 0 Å². The molecule has 18 heavy (non-hydrogen) atoms. The van der Waals surface area contributed by atoms with Crippen molar-refractivity contribution < 1.29 is 8.42 Å². The van der Waals surface area contributed by atoms with Crippen LogP contribution in [0, 0.1) is 5.92 Å². The molecule has 0 rings (SSSR count). The van der Waals surface area contributed by atoms with Crippen LogP contribution in [0.15, 0.2) is 0 Å². The van der Waals surface area contributed by atoms with Crippen molar-refractivity contribution in [1.82, 2.24) is 14.3 Å². The average molecular weight is 279 g/mol. The number of hydrogen-bond donors (Lipinski definition) is 2. The van der Waals surface area contributed by atoms with Gasteiger partial charge >= 0.3 is 0 Å². The van der Waals surface area contributed by atoms with Gasteiger partial charge in [-0.25, -0.2) is 0 Å². The molecule has 0 aliphatic carbocycles. The van der Waals surface area contributed by atoms with Crippen LogP contribution in [0.3, 0.4) is 0 Å². The van der Waals surface area contributed by atoms with E-state index in [-0.39, 0.29) is 6.04 Å². The second-order valence-corrected chi connectivity index (χ2v) is 7.08. The smallest absolute Gasteiger partial charge is 0.279 e. The van der Waals surface area contributed by atoms with Crippen molar-refractivity contribution in [2.45, 2.75) is 46.1 Å². The molecule has 0 aliphatic rings. The van der Waals surface area contributed by atoms with E-state index in [0.717, 1.165) is 25.8 Å². The largest absolute Gasteiger partial charge is 0.320 e. The summed E-state index contributed by atoms with van der Waals surface area (Å²) in [7, 11) is 0.148. The summed E-state index contributed by atoms with van der Waals surface area (Å²) in [5.74, 6) is 0.602. The molecule has 0 aromatic carbocycles. The van der Waals surface area contributed by atoms with Crippen LogP contribution in [0.25, 0.3) is 0 Å². The van der Waals surface area contributed by atoms with Gasteiger partial charge in [0.1, 0.15) is 0 Å². The number of hydrogen-bond acceptors (Lipinski definition) is 3. The number of rotatable bonds is 10. The van der Waals surface area contributed by atoms with E-state index < -0.39 is 10.2 Å². The lowest BCUT2D eigenvalue weighted by atomic mass is 10.1. The predicted molar refractivity (Wildman–Crippen MR) is 76.8 cm³/mol. The number of nitrogens with zero attached hydrogens (tertiary/aromatic N) is 1. The molecule has 6 heteroatoms. The summed E-state index contributed by atoms with van der Waals surface area (Å²) in [4.78, 5) is 0. The zero-order valence-corrected chi connectivity index (χ0v) is 13.2. The summed E-state index contributed by atoms with van der Waals surface area (Å²) in [6, 6.07) is -0.0100. The highest BCUT2D eigenvalue weighted by molar-refractivity contribution is 7.87. The van der Waals surface area contributed by atoms with Gasteiger partial charge < -0.3 is 5.32 Å². The minimum Gasteiger partial charge on any atom is -0.320 e. The molecule has 0 spiro atoms. The van der Waals surface area contributed by atoms with Gasteiger partial charge in [0, 0.05) is 19.6 Å². The minimum atomic E-state index is -3.33. The normalized spacial score (nSPS) is 14.4. The van der Waals surface area contributed by atoms with Crippen molar-refractivity contribution in [3.8, 4) is 0 Å². The summed E-state index contributed by atoms with van der Waals surface area (Å²) in [6.45, 7) is 7.56. The van der Waals surface area contributed by atoms with Crippen molar-refractivity contribution in [3.05, 3.63) is 0 Å². The Morgan fingerprint density at radius 3 is 2.28 bits per heavy atom. The maximum absolute atomic E-state index is 12.0. The zero-order valence-electron chi connectivity index (χ0n) is 12.4. The first-order valence-corrected chi connectivity index (χ1v) is 8.11. The summed E-state index contributed by atoms with van der Waals surface area (Å²) >= 11 is 0. The Morgan fingerprint density at radius 1 is 1.17 bits per heavy atom. The molecule has 0 radical (unpaired) electrons. The molecule has 0 aromatic rings. The fourth-order valence-electron chi connectivity index (χ4n) is 1.59. The van der Waals surface area contributed by atoms with Gasteiger partial charge in [-0.15, -0.1) is 0 Å². The Morgan fingerprint density at radius 2 is 1.78 bits per heavy atom. The van der Waals surface area contributed by atoms with Crippen LogP contribution < -0.4 is 10.0 Å². The van der Waals surface area contributed by atoms with E-state index in [1.165, 1.54) is 4.31 Å². The maximum Gasteiger partial charge on any atom is 0.279 e. The molecule has 0 heterocycles. The van der Waals surface area contributed by atoms with Crippen LogP contribution >= 0.6 is 0 Å². The SMILES string of the molecule is CNCCCN(C)S(=O)(=O)NC(C)CCC(C)C. The lowest BCUT2D eigenvalue weighted by Gasteiger charge is -2.21. The van der Waals surface area contributed by atoms with Gasteiger partial charge in [-0.3, -0.25) is 0 Å². The van der Waals surface area contributed by atoms with Crippen molar-refractivity contribution in [3.63, 3.8) is 0 Å². The van der Waals surface area contributed by atoms with E-state index in [4.69, 9.17) is 0 Å². The highest BCUT2D eigenvalue weighted by atomic mass is 32.2. The van der Waals surface area contributed by atoms with E-state index >= 15 is 0 Å². The van der Waals surface area contributed by atoms with Crippen molar-refractivity contribution >= 4 is 10.2 Å². The molecular weight excluding hydrogens is 250 g/mol. The van der Waals surface area contributed by atoms with Gasteiger partial charge in [-0.05, 0) is 45.7 Å². The second-order valence-electron chi connectivity index (χ2n) is 5.27. The lowest BCUT2D eigenvalue weighted by Crippen LogP contribution is -2.43. The Labute approximate surface area is 113 Å². The number of nitrogens with one attached hydrogen (secondary N) is 2. The predicted octanol–water partition coefficient (Wildman–Crippen LogP) is 1.19. The van der Waals surface area contributed by atoms with Gasteiger partial charge in [0.25, 0.3) is 10.2 Å². The van der Waals surface area contributed by atoms with Crippen molar-refractivity contribution in [2.75, 3.05) is 27.2 Å². The molecule has 0 amide bonds. The highest BCUT2D eigenvalue weighted by Gasteiger charge is 2.19. The van der Waals surface area contributed by atoms with Gasteiger partial charge in [0.15, 0.2) is 0 Å². The fraction of sp³-hybridized carbons (Fsp3) is 1.00. The van der Waals surface area contributed by atoms with E-state index in [1.807, 2.05) is 14.0 Å². The fourth-order valence-corrected chi connectivity index (χ4v) is 2.76. The maximum atomic E-state index is 12.0. The first-order chi connectivity index (χ1) is 8.29. The van der Waals surface area contributed by atoms with E-state index in [0.29, 0.717) is 12.5 Å². The molecule has 0 aliphatic heterocycles. The summed E-state index contributed by atoms with van der Waals surface area (Å²) in [6.07, 6.45) is 2.72. The quantitative estimate of drug-likeness (QED) is 0.591. The lowest BCUT2D eigenvalue weighted by molar-refractivity contribution is 0.428. The molecule has 1 atom stereocenters. The molecule has 0 saturated carbocycles. The Hall–Kier alpha value is -0.170. The average Bonchev–Trinajstić information content (AvgIpc) is 2.26. The summed E-state index contributed by atoms with van der Waals surface area (Å²) in [5, 5.41) is 3.01. The third-order valence-electron chi connectivity index (χ3n) is 2.84. The standard InChI is InChI=1S/C12H29N3O2S/c1-11(2)7-8-12(3)14-18(16,17)15(5)10-6-9-13-4/h11-14H,6-10H2,1-5H3. The Kier molecular flexibility index (Phi) is 8.77. The summed E-state index contributed by atoms with van der Waals surface area (Å²) < 4.78 is 28.0. The first kappa shape index (κ1) is 17.8. The first-order valence-electron chi connectivity index (χ1n) is 6.67. The third-order valence-corrected chi connectivity index (χ3v) is 4.54. The molecule has 1 unspecified atom stereocenters. The monoisotopic (exact) mass is 279 g/mol. The minimum absolute atomic E-state index is 0.0100. The van der Waals surface area contributed by atoms with E-state index in [2.05, 4.69) is 23.9 Å². The van der Waals surface area contributed by atoms with Gasteiger partial charge in [-0.1, -0.05) is 13.8 Å². The van der Waals surface area contributed by atoms with Crippen LogP contribution in [0.5, 0.6) is 0 Å². The van der Waals surface area contributed by atoms with Gasteiger partial charge in [0.05, 0.1) is 0 Å². The van der Waals surface area contributed by atoms with E-state index in [9.17, 15) is 8.42 Å².